The Hall–Kier alpha value is -3.79. The summed E-state index contributed by atoms with van der Waals surface area (Å²) in [4.78, 5) is 39.3. The van der Waals surface area contributed by atoms with Gasteiger partial charge in [0.05, 0.1) is 11.3 Å². The summed E-state index contributed by atoms with van der Waals surface area (Å²) < 4.78 is 0. The number of nitrogens with two attached hydrogens (primary N) is 1. The predicted molar refractivity (Wildman–Crippen MR) is 109 cm³/mol. The van der Waals surface area contributed by atoms with E-state index in [1.807, 2.05) is 0 Å². The van der Waals surface area contributed by atoms with Gasteiger partial charge in [0.1, 0.15) is 6.04 Å². The Labute approximate surface area is 167 Å². The Balaban J connectivity index is 2.05. The van der Waals surface area contributed by atoms with Crippen molar-refractivity contribution >= 4 is 29.5 Å². The third kappa shape index (κ3) is 7.03. The van der Waals surface area contributed by atoms with Crippen molar-refractivity contribution in [3.05, 3.63) is 70.3 Å². The number of nitro groups is 1. The summed E-state index contributed by atoms with van der Waals surface area (Å²) in [6, 6.07) is 13.2. The molecule has 0 bridgehead atoms. The van der Waals surface area contributed by atoms with Crippen LogP contribution in [0.25, 0.3) is 0 Å². The summed E-state index contributed by atoms with van der Waals surface area (Å²) in [6.45, 7) is 0.423. The summed E-state index contributed by atoms with van der Waals surface area (Å²) in [5.41, 5.74) is 3.04. The van der Waals surface area contributed by atoms with Gasteiger partial charge < -0.3 is 16.1 Å². The summed E-state index contributed by atoms with van der Waals surface area (Å²) in [5, 5.41) is 16.1. The lowest BCUT2D eigenvalue weighted by molar-refractivity contribution is -0.384. The predicted octanol–water partition coefficient (Wildman–Crippen LogP) is 1.60. The Kier molecular flexibility index (Phi) is 8.27. The number of amides is 2. The Morgan fingerprint density at radius 2 is 1.83 bits per heavy atom. The quantitative estimate of drug-likeness (QED) is 0.119. The molecule has 2 rings (SSSR count). The topological polar surface area (TPSA) is 152 Å². The Morgan fingerprint density at radius 3 is 2.45 bits per heavy atom. The summed E-state index contributed by atoms with van der Waals surface area (Å²) in [7, 11) is 0. The fraction of sp³-hybridized carbons (Fsp3) is 0.211. The summed E-state index contributed by atoms with van der Waals surface area (Å²) in [6.07, 6.45) is 2.22. The number of nitrogens with one attached hydrogen (secondary N) is 3. The lowest BCUT2D eigenvalue weighted by Crippen LogP contribution is -2.43. The third-order valence-electron chi connectivity index (χ3n) is 3.95. The van der Waals surface area contributed by atoms with Crippen molar-refractivity contribution in [3.8, 4) is 0 Å². The van der Waals surface area contributed by atoms with Crippen LogP contribution in [0.5, 0.6) is 0 Å². The van der Waals surface area contributed by atoms with Crippen LogP contribution in [0.4, 0.5) is 11.4 Å². The standard InChI is InChI=1S/C19H22N6O4/c20-22-13-21-12-4-7-17(24-18(26)14-5-2-1-3-6-14)19(27)23-15-8-10-16(11-9-15)25(28)29/h1-3,5-6,8-11,13,17H,4,7,12,20H2,(H,21,22)(H,23,27)(H,24,26)/t17-/m1/s1. The summed E-state index contributed by atoms with van der Waals surface area (Å²) in [5.74, 6) is 4.30. The first kappa shape index (κ1) is 21.5. The van der Waals surface area contributed by atoms with E-state index in [2.05, 4.69) is 21.1 Å². The molecule has 0 saturated carbocycles. The van der Waals surface area contributed by atoms with Crippen molar-refractivity contribution in [1.29, 1.82) is 0 Å². The van der Waals surface area contributed by atoms with Crippen molar-refractivity contribution in [3.63, 3.8) is 0 Å². The maximum atomic E-state index is 12.7. The van der Waals surface area contributed by atoms with Gasteiger partial charge in [-0.3, -0.25) is 24.7 Å². The van der Waals surface area contributed by atoms with Gasteiger partial charge in [0.25, 0.3) is 11.6 Å². The third-order valence-corrected chi connectivity index (χ3v) is 3.95. The molecule has 0 spiro atoms. The van der Waals surface area contributed by atoms with E-state index in [4.69, 9.17) is 5.84 Å². The minimum atomic E-state index is -0.807. The number of hydrazine groups is 1. The van der Waals surface area contributed by atoms with Crippen LogP contribution in [0.3, 0.4) is 0 Å². The molecule has 0 aromatic heterocycles. The molecular weight excluding hydrogens is 376 g/mol. The van der Waals surface area contributed by atoms with Gasteiger partial charge in [-0.25, -0.2) is 5.84 Å². The van der Waals surface area contributed by atoms with Gasteiger partial charge in [0.15, 0.2) is 0 Å². The van der Waals surface area contributed by atoms with Crippen LogP contribution in [-0.2, 0) is 4.79 Å². The molecule has 1 atom stereocenters. The van der Waals surface area contributed by atoms with E-state index in [9.17, 15) is 19.7 Å². The van der Waals surface area contributed by atoms with Crippen LogP contribution in [0.1, 0.15) is 23.2 Å². The molecule has 10 heteroatoms. The molecule has 0 aliphatic heterocycles. The average Bonchev–Trinajstić information content (AvgIpc) is 2.73. The van der Waals surface area contributed by atoms with Gasteiger partial charge in [-0.05, 0) is 37.1 Å². The van der Waals surface area contributed by atoms with E-state index in [0.717, 1.165) is 0 Å². The van der Waals surface area contributed by atoms with E-state index in [1.54, 1.807) is 30.3 Å². The molecule has 0 aliphatic rings. The molecule has 152 valence electrons. The van der Waals surface area contributed by atoms with Crippen LogP contribution in [0, 0.1) is 10.1 Å². The minimum absolute atomic E-state index is 0.0803. The minimum Gasteiger partial charge on any atom is -0.340 e. The molecular formula is C19H22N6O4. The number of anilines is 1. The maximum Gasteiger partial charge on any atom is 0.269 e. The number of rotatable bonds is 10. The van der Waals surface area contributed by atoms with Gasteiger partial charge in [0, 0.05) is 29.9 Å². The number of nitrogens with zero attached hydrogens (tertiary/aromatic N) is 2. The molecule has 2 aromatic carbocycles. The smallest absolute Gasteiger partial charge is 0.269 e. The molecule has 2 aromatic rings. The van der Waals surface area contributed by atoms with E-state index < -0.39 is 16.9 Å². The molecule has 2 amide bonds. The van der Waals surface area contributed by atoms with E-state index >= 15 is 0 Å². The van der Waals surface area contributed by atoms with Gasteiger partial charge in [-0.1, -0.05) is 18.2 Å². The van der Waals surface area contributed by atoms with Crippen molar-refractivity contribution < 1.29 is 14.5 Å². The van der Waals surface area contributed by atoms with Crippen molar-refractivity contribution in [2.24, 2.45) is 10.8 Å². The lowest BCUT2D eigenvalue weighted by Gasteiger charge is -2.18. The normalized spacial score (nSPS) is 11.6. The molecule has 0 heterocycles. The highest BCUT2D eigenvalue weighted by atomic mass is 16.6. The Bertz CT molecular complexity index is 855. The van der Waals surface area contributed by atoms with Crippen LogP contribution in [-0.4, -0.2) is 35.7 Å². The first-order valence-corrected chi connectivity index (χ1v) is 8.87. The number of benzene rings is 2. The second kappa shape index (κ2) is 11.1. The van der Waals surface area contributed by atoms with Gasteiger partial charge >= 0.3 is 0 Å². The molecule has 0 saturated heterocycles. The van der Waals surface area contributed by atoms with Gasteiger partial charge in [0.2, 0.25) is 5.91 Å². The zero-order valence-electron chi connectivity index (χ0n) is 15.6. The largest absolute Gasteiger partial charge is 0.340 e. The lowest BCUT2D eigenvalue weighted by atomic mass is 10.1. The van der Waals surface area contributed by atoms with Crippen LogP contribution in [0.2, 0.25) is 0 Å². The number of nitro benzene ring substituents is 1. The molecule has 5 N–H and O–H groups in total. The van der Waals surface area contributed by atoms with E-state index in [1.165, 1.54) is 30.6 Å². The number of hydrogen-bond donors (Lipinski definition) is 4. The molecule has 0 unspecified atom stereocenters. The zero-order chi connectivity index (χ0) is 21.1. The molecule has 0 fully saturated rings. The number of carbonyl (C=O) groups is 2. The average molecular weight is 398 g/mol. The molecule has 0 aliphatic carbocycles. The number of hydrogen-bond acceptors (Lipinski definition) is 6. The van der Waals surface area contributed by atoms with Gasteiger partial charge in [-0.15, -0.1) is 0 Å². The molecule has 29 heavy (non-hydrogen) atoms. The zero-order valence-corrected chi connectivity index (χ0v) is 15.6. The second-order valence-corrected chi connectivity index (χ2v) is 6.03. The molecule has 0 radical (unpaired) electrons. The first-order chi connectivity index (χ1) is 14.0. The number of aliphatic imine (C=N–C) groups is 1. The highest BCUT2D eigenvalue weighted by Crippen LogP contribution is 2.16. The maximum absolute atomic E-state index is 12.7. The van der Waals surface area contributed by atoms with E-state index in [-0.39, 0.29) is 11.6 Å². The van der Waals surface area contributed by atoms with Crippen LogP contribution in [0.15, 0.2) is 59.6 Å². The fourth-order valence-electron chi connectivity index (χ4n) is 2.50. The van der Waals surface area contributed by atoms with Crippen LogP contribution >= 0.6 is 0 Å². The number of non-ortho nitro benzene ring substituents is 1. The summed E-state index contributed by atoms with van der Waals surface area (Å²) >= 11 is 0. The first-order valence-electron chi connectivity index (χ1n) is 8.87. The fourth-order valence-corrected chi connectivity index (χ4v) is 2.50. The highest BCUT2D eigenvalue weighted by Gasteiger charge is 2.21. The Morgan fingerprint density at radius 1 is 1.14 bits per heavy atom. The monoisotopic (exact) mass is 398 g/mol. The van der Waals surface area contributed by atoms with Gasteiger partial charge in [-0.2, -0.15) is 0 Å². The van der Waals surface area contributed by atoms with Crippen LogP contribution < -0.4 is 21.9 Å². The van der Waals surface area contributed by atoms with Crippen molar-refractivity contribution in [1.82, 2.24) is 10.7 Å². The molecule has 10 nitrogen and oxygen atoms in total. The highest BCUT2D eigenvalue weighted by molar-refractivity contribution is 6.01. The second-order valence-electron chi connectivity index (χ2n) is 6.03. The van der Waals surface area contributed by atoms with Crippen molar-refractivity contribution in [2.75, 3.05) is 11.9 Å². The van der Waals surface area contributed by atoms with E-state index in [0.29, 0.717) is 30.6 Å². The van der Waals surface area contributed by atoms with Crippen molar-refractivity contribution in [2.45, 2.75) is 18.9 Å². The number of carbonyl (C=O) groups excluding carboxylic acids is 2. The SMILES string of the molecule is NNC=NCCC[C@@H](NC(=O)c1ccccc1)C(=O)Nc1ccc([N+](=O)[O-])cc1.